The number of aromatic nitrogens is 8. The van der Waals surface area contributed by atoms with Gasteiger partial charge in [0.05, 0.1) is 164 Å². The van der Waals surface area contributed by atoms with Gasteiger partial charge in [0.15, 0.2) is 17.1 Å². The Morgan fingerprint density at radius 3 is 0.892 bits per heavy atom. The number of rotatable bonds is 8. The van der Waals surface area contributed by atoms with Crippen LogP contribution in [-0.2, 0) is 0 Å². The molecule has 0 aliphatic rings. The zero-order valence-corrected chi connectivity index (χ0v) is 79.5. The first-order valence-corrected chi connectivity index (χ1v) is 49.6. The number of nitrogens with zero attached hydrogens (tertiary/aromatic N) is 14. The maximum Gasteiger partial charge on any atom is 0.190 e. The average molecular weight is 1900 g/mol. The van der Waals surface area contributed by atoms with Gasteiger partial charge in [-0.05, 0) is 176 Å². The molecule has 16 heteroatoms. The highest BCUT2D eigenvalue weighted by Crippen LogP contribution is 2.52. The third kappa shape index (κ3) is 12.1. The van der Waals surface area contributed by atoms with Gasteiger partial charge < -0.3 is 41.0 Å². The lowest BCUT2D eigenvalue weighted by Crippen LogP contribution is -2.06. The monoisotopic (exact) mass is 1900 g/mol. The number of hydrogen-bond acceptors (Lipinski definition) is 5. The number of furan rings is 1. The van der Waals surface area contributed by atoms with Crippen molar-refractivity contribution in [3.63, 3.8) is 0 Å². The third-order valence-electron chi connectivity index (χ3n) is 29.9. The summed E-state index contributed by atoms with van der Waals surface area (Å²) in [7, 11) is 0. The SMILES string of the molecule is [C-]#[N+]c1cc(C#N)c(-n2c3ccccc3c3ccccc32)c(-n2c3ccc(-n4c5ccccc5c5ccccc54)cc3c3c4oc5ccccc5c4ccc32)c1.[C-]#[N+]c1cc(C#N)c(-n2c3ccccc3c3ccccc32)c(-n2c3ccccc3c3c4c5ccccc5n(-c5ccccc5)c4ccc32)c1.[C-]#[N+]c1cc(C#N)c(-n2c3ccccc3c3ccccc32)c(-n2c3ccccc3c3c4sc5ccccc5c4ccc32)c1. The smallest absolute Gasteiger partial charge is 0.190 e. The van der Waals surface area contributed by atoms with Gasteiger partial charge in [-0.25, -0.2) is 14.5 Å². The van der Waals surface area contributed by atoms with Crippen molar-refractivity contribution in [3.8, 4) is 63.7 Å². The topological polar surface area (TPSA) is 137 Å². The van der Waals surface area contributed by atoms with Crippen molar-refractivity contribution in [2.75, 3.05) is 0 Å². The summed E-state index contributed by atoms with van der Waals surface area (Å²) in [5.74, 6) is 0. The standard InChI is InChI=1S/C50H27N5O.C44H25N5.C38H20N4S/c1-52-31-26-30(29-51)49(55-42-19-9-4-14-35(42)36-15-5-10-20-43(36)55)46(27-31)54-44-24-22-32(53-40-17-7-2-12-33(40)34-13-3-8-18-41(34)53)28-39(44)48-45(54)25-23-38-37-16-6-11-21-47(37)56-50(38)48;1-46-29-25-28(27-45)44(49-35-19-9-5-15-31(35)32-16-6-10-20-36(32)49)41(26-29)48-38-22-12-8-18-34(38)43-40(48)24-23-39-42(43)33-17-7-11-21-37(33)47(39)30-13-3-2-4-14-30;1-40-24-20-23(22-39)37(42-30-14-6-2-10-25(30)26-11-3-7-15-31(26)42)34(21-24)41-32-16-8-4-13-29(32)36-33(41)19-18-28-27-12-5-9-17-35(27)43-38(28)36/h2-28H;2-26H;2-21H. The van der Waals surface area contributed by atoms with Crippen LogP contribution in [0.1, 0.15) is 16.7 Å². The molecule has 682 valence electrons. The van der Waals surface area contributed by atoms with E-state index in [2.05, 4.69) is 397 Å². The van der Waals surface area contributed by atoms with Crippen LogP contribution in [-0.4, -0.2) is 36.5 Å². The van der Waals surface area contributed by atoms with Gasteiger partial charge >= 0.3 is 0 Å². The molecule has 0 N–H and O–H groups in total. The van der Waals surface area contributed by atoms with E-state index in [1.54, 1.807) is 18.2 Å². The van der Waals surface area contributed by atoms with Crippen LogP contribution in [0, 0.1) is 53.7 Å². The third-order valence-corrected chi connectivity index (χ3v) is 31.1. The van der Waals surface area contributed by atoms with Crippen LogP contribution < -0.4 is 0 Å². The molecule has 10 aromatic heterocycles. The molecule has 0 spiro atoms. The predicted molar refractivity (Wildman–Crippen MR) is 607 cm³/mol. The molecule has 21 aromatic carbocycles. The van der Waals surface area contributed by atoms with Crippen molar-refractivity contribution in [1.82, 2.24) is 36.5 Å². The summed E-state index contributed by atoms with van der Waals surface area (Å²) in [5, 5.41) is 54.7. The van der Waals surface area contributed by atoms with Crippen LogP contribution in [0.5, 0.6) is 0 Å². The minimum atomic E-state index is 0.391. The van der Waals surface area contributed by atoms with E-state index in [-0.39, 0.29) is 0 Å². The molecule has 0 amide bonds. The summed E-state index contributed by atoms with van der Waals surface area (Å²) in [6, 6.07) is 158. The molecule has 15 nitrogen and oxygen atoms in total. The second-order valence-corrected chi connectivity index (χ2v) is 38.4. The van der Waals surface area contributed by atoms with Crippen LogP contribution in [0.15, 0.2) is 441 Å². The van der Waals surface area contributed by atoms with Crippen LogP contribution in [0.3, 0.4) is 0 Å². The Labute approximate surface area is 847 Å². The van der Waals surface area contributed by atoms with E-state index >= 15 is 0 Å². The summed E-state index contributed by atoms with van der Waals surface area (Å²) in [4.78, 5) is 11.6. The largest absolute Gasteiger partial charge is 0.455 e. The lowest BCUT2D eigenvalue weighted by Gasteiger charge is -2.19. The van der Waals surface area contributed by atoms with Gasteiger partial charge in [0, 0.05) is 123 Å². The molecule has 0 unspecified atom stereocenters. The van der Waals surface area contributed by atoms with Crippen molar-refractivity contribution >= 4 is 245 Å². The Kier molecular flexibility index (Phi) is 18.6. The summed E-state index contributed by atoms with van der Waals surface area (Å²) in [6.45, 7) is 24.2. The minimum absolute atomic E-state index is 0.391. The molecule has 31 aromatic rings. The van der Waals surface area contributed by atoms with Crippen LogP contribution in [0.4, 0.5) is 17.1 Å². The highest BCUT2D eigenvalue weighted by molar-refractivity contribution is 7.26. The van der Waals surface area contributed by atoms with Crippen molar-refractivity contribution in [3.05, 3.63) is 488 Å². The van der Waals surface area contributed by atoms with Crippen LogP contribution in [0.2, 0.25) is 0 Å². The van der Waals surface area contributed by atoms with Gasteiger partial charge in [-0.15, -0.1) is 11.3 Å². The van der Waals surface area contributed by atoms with Gasteiger partial charge in [-0.1, -0.05) is 261 Å². The molecule has 0 bridgehead atoms. The van der Waals surface area contributed by atoms with E-state index in [0.717, 1.165) is 209 Å². The molecule has 0 atom stereocenters. The van der Waals surface area contributed by atoms with Crippen molar-refractivity contribution in [2.45, 2.75) is 0 Å². The second-order valence-electron chi connectivity index (χ2n) is 37.4. The molecule has 0 saturated carbocycles. The molecule has 148 heavy (non-hydrogen) atoms. The van der Waals surface area contributed by atoms with Gasteiger partial charge in [0.25, 0.3) is 0 Å². The van der Waals surface area contributed by atoms with Crippen LogP contribution in [0.25, 0.3) is 277 Å². The Hall–Kier alpha value is -21.0. The van der Waals surface area contributed by atoms with Crippen LogP contribution >= 0.6 is 11.3 Å². The predicted octanol–water partition coefficient (Wildman–Crippen LogP) is 35.4. The lowest BCUT2D eigenvalue weighted by molar-refractivity contribution is 0.673. The van der Waals surface area contributed by atoms with Gasteiger partial charge in [0.2, 0.25) is 0 Å². The molecular formula is C132H72N14OS. The normalized spacial score (nSPS) is 11.7. The highest BCUT2D eigenvalue weighted by atomic mass is 32.1. The number of benzene rings is 21. The van der Waals surface area contributed by atoms with Crippen molar-refractivity contribution < 1.29 is 4.42 Å². The maximum atomic E-state index is 10.9. The summed E-state index contributed by atoms with van der Waals surface area (Å²) >= 11 is 1.82. The Morgan fingerprint density at radius 1 is 0.209 bits per heavy atom. The zero-order chi connectivity index (χ0) is 98.4. The first-order valence-electron chi connectivity index (χ1n) is 48.8. The Balaban J connectivity index is 0.000000106. The van der Waals surface area contributed by atoms with Gasteiger partial charge in [-0.3, -0.25) is 0 Å². The maximum absolute atomic E-state index is 10.9. The molecule has 0 aliphatic carbocycles. The van der Waals surface area contributed by atoms with E-state index in [9.17, 15) is 15.8 Å². The Morgan fingerprint density at radius 2 is 0.493 bits per heavy atom. The fourth-order valence-electron chi connectivity index (χ4n) is 24.0. The number of thiophene rings is 1. The van der Waals surface area contributed by atoms with E-state index in [4.69, 9.17) is 24.1 Å². The van der Waals surface area contributed by atoms with E-state index in [1.807, 2.05) is 102 Å². The van der Waals surface area contributed by atoms with E-state index < -0.39 is 0 Å². The van der Waals surface area contributed by atoms with Crippen molar-refractivity contribution in [2.24, 2.45) is 0 Å². The Bertz CT molecular complexity index is 11300. The molecule has 0 radical (unpaired) electrons. The molecule has 10 heterocycles. The molecule has 0 fully saturated rings. The quantitative estimate of drug-likeness (QED) is 0.140. The van der Waals surface area contributed by atoms with E-state index in [1.165, 1.54) is 47.1 Å². The number of nitriles is 3. The summed E-state index contributed by atoms with van der Waals surface area (Å²) in [6.07, 6.45) is 0. The number of para-hydroxylation sites is 13. The van der Waals surface area contributed by atoms with E-state index in [0.29, 0.717) is 39.4 Å². The molecule has 0 saturated heterocycles. The number of fused-ring (bicyclic) bond motifs is 33. The second kappa shape index (κ2) is 32.8. The lowest BCUT2D eigenvalue weighted by atomic mass is 10.1. The number of hydrogen-bond donors (Lipinski definition) is 0. The fraction of sp³-hybridized carbons (Fsp3) is 0. The molecular weight excluding hydrogens is 1830 g/mol. The fourth-order valence-corrected chi connectivity index (χ4v) is 25.2. The summed E-state index contributed by atoms with van der Waals surface area (Å²) < 4.78 is 27.3. The van der Waals surface area contributed by atoms with Gasteiger partial charge in [0.1, 0.15) is 29.4 Å². The first-order chi connectivity index (χ1) is 73.2. The highest BCUT2D eigenvalue weighted by Gasteiger charge is 2.32. The first kappa shape index (κ1) is 83.9. The van der Waals surface area contributed by atoms with Gasteiger partial charge in [-0.2, -0.15) is 15.8 Å². The molecule has 31 rings (SSSR count). The minimum Gasteiger partial charge on any atom is -0.455 e. The summed E-state index contributed by atoms with van der Waals surface area (Å²) in [5.41, 5.74) is 27.4. The van der Waals surface area contributed by atoms with Crippen molar-refractivity contribution in [1.29, 1.82) is 15.8 Å². The molecule has 0 aliphatic heterocycles. The zero-order valence-electron chi connectivity index (χ0n) is 78.6. The average Bonchev–Trinajstić information content (AvgIpc) is 1.54.